The van der Waals surface area contributed by atoms with Gasteiger partial charge < -0.3 is 9.47 Å². The Morgan fingerprint density at radius 3 is 2.62 bits per heavy atom. The number of carbonyl (C=O) groups is 1. The molecule has 0 unspecified atom stereocenters. The van der Waals surface area contributed by atoms with Crippen LogP contribution in [0.2, 0.25) is 0 Å². The number of aryl methyl sites for hydroxylation is 1. The number of carbonyl (C=O) groups excluding carboxylic acids is 1. The van der Waals surface area contributed by atoms with Crippen LogP contribution < -0.4 is 9.47 Å². The average molecular weight is 343 g/mol. The molecule has 0 aromatic heterocycles. The van der Waals surface area contributed by atoms with E-state index in [1.807, 2.05) is 31.2 Å². The van der Waals surface area contributed by atoms with Crippen LogP contribution in [0.4, 0.5) is 0 Å². The van der Waals surface area contributed by atoms with Crippen molar-refractivity contribution in [3.8, 4) is 11.5 Å². The quantitative estimate of drug-likeness (QED) is 0.454. The molecule has 4 heteroatoms. The van der Waals surface area contributed by atoms with Crippen LogP contribution in [0.1, 0.15) is 23.6 Å². The summed E-state index contributed by atoms with van der Waals surface area (Å²) in [5.74, 6) is 0.939. The van der Waals surface area contributed by atoms with Crippen LogP contribution >= 0.6 is 11.6 Å². The molecule has 0 saturated heterocycles. The van der Waals surface area contributed by atoms with Gasteiger partial charge in [0.2, 0.25) is 0 Å². The molecule has 0 saturated carbocycles. The predicted molar refractivity (Wildman–Crippen MR) is 97.0 cm³/mol. The molecule has 2 aromatic rings. The topological polar surface area (TPSA) is 35.5 Å². The van der Waals surface area contributed by atoms with Gasteiger partial charge in [-0.3, -0.25) is 0 Å². The number of esters is 1. The zero-order valence-electron chi connectivity index (χ0n) is 14.0. The third-order valence-corrected chi connectivity index (χ3v) is 4.49. The Labute approximate surface area is 146 Å². The fraction of sp³-hybridized carbons (Fsp3) is 0.250. The van der Waals surface area contributed by atoms with Gasteiger partial charge in [0.1, 0.15) is 11.5 Å². The van der Waals surface area contributed by atoms with Crippen molar-refractivity contribution in [2.75, 3.05) is 7.11 Å². The smallest absolute Gasteiger partial charge is 0.338 e. The van der Waals surface area contributed by atoms with Crippen molar-refractivity contribution >= 4 is 28.3 Å². The van der Waals surface area contributed by atoms with Gasteiger partial charge in [-0.05, 0) is 26.3 Å². The first-order valence-corrected chi connectivity index (χ1v) is 8.14. The van der Waals surface area contributed by atoms with Gasteiger partial charge in [-0.15, -0.1) is 0 Å². The summed E-state index contributed by atoms with van der Waals surface area (Å²) in [7, 11) is 1.66. The lowest BCUT2D eigenvalue weighted by Gasteiger charge is -2.23. The highest BCUT2D eigenvalue weighted by Gasteiger charge is 2.25. The molecule has 1 aliphatic rings. The van der Waals surface area contributed by atoms with E-state index in [9.17, 15) is 4.79 Å². The van der Waals surface area contributed by atoms with Gasteiger partial charge in [0.25, 0.3) is 0 Å². The zero-order chi connectivity index (χ0) is 17.4. The largest absolute Gasteiger partial charge is 0.496 e. The average Bonchev–Trinajstić information content (AvgIpc) is 2.54. The second-order valence-corrected chi connectivity index (χ2v) is 6.56. The SMILES string of the molecule is C=C(C)C(=O)Oc1c2c(c(OC)c3cc(C)ccc13)CC=C(Cl)C2. The lowest BCUT2D eigenvalue weighted by molar-refractivity contribution is -0.130. The Hall–Kier alpha value is -2.26. The molecule has 2 aromatic carbocycles. The molecule has 0 amide bonds. The van der Waals surface area contributed by atoms with Crippen LogP contribution in [0.25, 0.3) is 10.8 Å². The number of fused-ring (bicyclic) bond motifs is 2. The molecular formula is C20H19ClO3. The van der Waals surface area contributed by atoms with Crippen molar-refractivity contribution in [2.45, 2.75) is 26.7 Å². The predicted octanol–water partition coefficient (Wildman–Crippen LogP) is 4.86. The summed E-state index contributed by atoms with van der Waals surface area (Å²) in [5, 5.41) is 2.52. The summed E-state index contributed by atoms with van der Waals surface area (Å²) in [6.07, 6.45) is 3.15. The lowest BCUT2D eigenvalue weighted by atomic mass is 9.90. The third-order valence-electron chi connectivity index (χ3n) is 4.20. The first-order valence-electron chi connectivity index (χ1n) is 7.76. The van der Waals surface area contributed by atoms with E-state index in [1.54, 1.807) is 14.0 Å². The molecule has 1 aliphatic carbocycles. The van der Waals surface area contributed by atoms with Gasteiger partial charge in [0, 0.05) is 38.9 Å². The van der Waals surface area contributed by atoms with E-state index in [0.717, 1.165) is 38.2 Å². The zero-order valence-corrected chi connectivity index (χ0v) is 14.8. The summed E-state index contributed by atoms with van der Waals surface area (Å²) in [5.41, 5.74) is 3.40. The molecule has 124 valence electrons. The number of rotatable bonds is 3. The molecule has 3 nitrogen and oxygen atoms in total. The Morgan fingerprint density at radius 1 is 1.21 bits per heavy atom. The number of ether oxygens (including phenoxy) is 2. The van der Waals surface area contributed by atoms with E-state index >= 15 is 0 Å². The van der Waals surface area contributed by atoms with Gasteiger partial charge in [-0.1, -0.05) is 42.0 Å². The highest BCUT2D eigenvalue weighted by molar-refractivity contribution is 6.30. The maximum absolute atomic E-state index is 12.1. The monoisotopic (exact) mass is 342 g/mol. The van der Waals surface area contributed by atoms with Crippen molar-refractivity contribution in [1.29, 1.82) is 0 Å². The number of halogens is 1. The van der Waals surface area contributed by atoms with Crippen LogP contribution in [-0.4, -0.2) is 13.1 Å². The van der Waals surface area contributed by atoms with E-state index in [4.69, 9.17) is 21.1 Å². The molecular weight excluding hydrogens is 324 g/mol. The maximum atomic E-state index is 12.1. The molecule has 24 heavy (non-hydrogen) atoms. The molecule has 0 heterocycles. The number of allylic oxidation sites excluding steroid dienone is 2. The van der Waals surface area contributed by atoms with Crippen molar-refractivity contribution in [3.05, 3.63) is 58.1 Å². The highest BCUT2D eigenvalue weighted by Crippen LogP contribution is 2.44. The molecule has 0 fully saturated rings. The Balaban J connectivity index is 2.34. The molecule has 3 rings (SSSR count). The minimum Gasteiger partial charge on any atom is -0.496 e. The first kappa shape index (κ1) is 16.6. The van der Waals surface area contributed by atoms with Crippen molar-refractivity contribution in [3.63, 3.8) is 0 Å². The Morgan fingerprint density at radius 2 is 1.96 bits per heavy atom. The number of methoxy groups -OCH3 is 1. The summed E-state index contributed by atoms with van der Waals surface area (Å²) in [6, 6.07) is 6.00. The molecule has 0 spiro atoms. The van der Waals surface area contributed by atoms with Crippen LogP contribution in [0.15, 0.2) is 41.5 Å². The number of hydrogen-bond acceptors (Lipinski definition) is 3. The minimum absolute atomic E-state index is 0.359. The summed E-state index contributed by atoms with van der Waals surface area (Å²) in [4.78, 5) is 12.1. The normalized spacial score (nSPS) is 13.2. The van der Waals surface area contributed by atoms with Crippen LogP contribution in [0, 0.1) is 6.92 Å². The van der Waals surface area contributed by atoms with Crippen molar-refractivity contribution in [2.24, 2.45) is 0 Å². The van der Waals surface area contributed by atoms with Crippen molar-refractivity contribution in [1.82, 2.24) is 0 Å². The van der Waals surface area contributed by atoms with E-state index in [0.29, 0.717) is 24.2 Å². The van der Waals surface area contributed by atoms with Gasteiger partial charge in [0.05, 0.1) is 7.11 Å². The Bertz CT molecular complexity index is 894. The van der Waals surface area contributed by atoms with E-state index in [1.165, 1.54) is 0 Å². The summed E-state index contributed by atoms with van der Waals surface area (Å²) >= 11 is 6.25. The lowest BCUT2D eigenvalue weighted by Crippen LogP contribution is -2.13. The molecule has 0 atom stereocenters. The van der Waals surface area contributed by atoms with Crippen LogP contribution in [0.3, 0.4) is 0 Å². The van der Waals surface area contributed by atoms with Crippen LogP contribution in [0.5, 0.6) is 11.5 Å². The molecule has 0 bridgehead atoms. The summed E-state index contributed by atoms with van der Waals surface area (Å²) in [6.45, 7) is 7.33. The maximum Gasteiger partial charge on any atom is 0.338 e. The number of hydrogen-bond donors (Lipinski definition) is 0. The third kappa shape index (κ3) is 2.80. The van der Waals surface area contributed by atoms with Crippen molar-refractivity contribution < 1.29 is 14.3 Å². The van der Waals surface area contributed by atoms with Gasteiger partial charge in [-0.25, -0.2) is 4.79 Å². The first-order chi connectivity index (χ1) is 11.4. The standard InChI is InChI=1S/C20H19ClO3/c1-11(2)20(22)24-19-15-7-5-12(3)9-16(15)18(23-4)14-8-6-13(21)10-17(14)19/h5-7,9H,1,8,10H2,2-4H3. The van der Waals surface area contributed by atoms with Gasteiger partial charge in [-0.2, -0.15) is 0 Å². The van der Waals surface area contributed by atoms with E-state index in [2.05, 4.69) is 6.58 Å². The molecule has 0 radical (unpaired) electrons. The molecule has 0 N–H and O–H groups in total. The second-order valence-electron chi connectivity index (χ2n) is 6.07. The fourth-order valence-corrected chi connectivity index (χ4v) is 3.24. The second kappa shape index (κ2) is 6.33. The van der Waals surface area contributed by atoms with Crippen LogP contribution in [-0.2, 0) is 17.6 Å². The van der Waals surface area contributed by atoms with Gasteiger partial charge >= 0.3 is 5.97 Å². The number of benzene rings is 2. The molecule has 0 aliphatic heterocycles. The minimum atomic E-state index is -0.435. The van der Waals surface area contributed by atoms with Gasteiger partial charge in [0.15, 0.2) is 0 Å². The Kier molecular flexibility index (Phi) is 4.37. The highest BCUT2D eigenvalue weighted by atomic mass is 35.5. The summed E-state index contributed by atoms with van der Waals surface area (Å²) < 4.78 is 11.4. The van der Waals surface area contributed by atoms with E-state index < -0.39 is 5.97 Å². The van der Waals surface area contributed by atoms with E-state index in [-0.39, 0.29) is 0 Å². The fourth-order valence-electron chi connectivity index (χ4n) is 3.03.